The Morgan fingerprint density at radius 1 is 1.61 bits per heavy atom. The Bertz CT molecular complexity index is 443. The van der Waals surface area contributed by atoms with Crippen LogP contribution in [0.25, 0.3) is 0 Å². The van der Waals surface area contributed by atoms with Crippen LogP contribution >= 0.6 is 0 Å². The summed E-state index contributed by atoms with van der Waals surface area (Å²) in [6.07, 6.45) is 2.78. The summed E-state index contributed by atoms with van der Waals surface area (Å²) in [6, 6.07) is -0.559. The minimum Gasteiger partial charge on any atom is -0.480 e. The Labute approximate surface area is 103 Å². The molecule has 1 unspecified atom stereocenters. The highest BCUT2D eigenvalue weighted by Crippen LogP contribution is 2.39. The molecule has 1 aromatic rings. The van der Waals surface area contributed by atoms with Crippen LogP contribution in [0.4, 0.5) is 4.79 Å². The van der Waals surface area contributed by atoms with Crippen LogP contribution in [0.2, 0.25) is 0 Å². The number of aromatic nitrogens is 2. The van der Waals surface area contributed by atoms with Crippen molar-refractivity contribution in [2.24, 2.45) is 5.92 Å². The number of nitrogens with zero attached hydrogens (tertiary/aromatic N) is 2. The van der Waals surface area contributed by atoms with E-state index in [1.165, 1.54) is 6.92 Å². The van der Waals surface area contributed by atoms with Gasteiger partial charge < -0.3 is 20.3 Å². The fourth-order valence-corrected chi connectivity index (χ4v) is 1.70. The van der Waals surface area contributed by atoms with Crippen molar-refractivity contribution in [3.8, 4) is 0 Å². The van der Waals surface area contributed by atoms with Crippen LogP contribution in [0.1, 0.15) is 25.6 Å². The van der Waals surface area contributed by atoms with Gasteiger partial charge in [-0.15, -0.1) is 0 Å². The second-order valence-electron chi connectivity index (χ2n) is 4.44. The minimum atomic E-state index is -1.22. The summed E-state index contributed by atoms with van der Waals surface area (Å²) in [5.74, 6) is -0.709. The first kappa shape index (κ1) is 12.3. The SMILES string of the molecule is CC(NC(=O)NCc1ncon1)(C(=O)O)C1CC1. The molecule has 8 nitrogen and oxygen atoms in total. The smallest absolute Gasteiger partial charge is 0.329 e. The second-order valence-corrected chi connectivity index (χ2v) is 4.44. The van der Waals surface area contributed by atoms with E-state index in [2.05, 4.69) is 25.3 Å². The number of amides is 2. The predicted octanol–water partition coefficient (Wildman–Crippen LogP) is 0.122. The van der Waals surface area contributed by atoms with Crippen molar-refractivity contribution in [1.82, 2.24) is 20.8 Å². The van der Waals surface area contributed by atoms with Crippen molar-refractivity contribution >= 4 is 12.0 Å². The lowest BCUT2D eigenvalue weighted by molar-refractivity contribution is -0.144. The molecule has 1 saturated carbocycles. The van der Waals surface area contributed by atoms with Gasteiger partial charge in [-0.3, -0.25) is 0 Å². The quantitative estimate of drug-likeness (QED) is 0.687. The van der Waals surface area contributed by atoms with Crippen molar-refractivity contribution in [1.29, 1.82) is 0 Å². The summed E-state index contributed by atoms with van der Waals surface area (Å²) >= 11 is 0. The number of aliphatic carboxylic acids is 1. The molecule has 1 aliphatic carbocycles. The van der Waals surface area contributed by atoms with Gasteiger partial charge in [-0.1, -0.05) is 5.16 Å². The van der Waals surface area contributed by atoms with Gasteiger partial charge in [-0.05, 0) is 25.7 Å². The molecule has 98 valence electrons. The lowest BCUT2D eigenvalue weighted by atomic mass is 9.96. The number of carboxylic acid groups (broad SMARTS) is 1. The Morgan fingerprint density at radius 2 is 2.33 bits per heavy atom. The molecule has 0 radical (unpaired) electrons. The molecule has 0 saturated heterocycles. The largest absolute Gasteiger partial charge is 0.480 e. The highest BCUT2D eigenvalue weighted by atomic mass is 16.5. The van der Waals surface area contributed by atoms with E-state index in [1.54, 1.807) is 0 Å². The minimum absolute atomic E-state index is 0.00840. The van der Waals surface area contributed by atoms with Gasteiger partial charge in [0.2, 0.25) is 6.39 Å². The fraction of sp³-hybridized carbons (Fsp3) is 0.600. The van der Waals surface area contributed by atoms with Gasteiger partial charge >= 0.3 is 12.0 Å². The number of hydrogen-bond acceptors (Lipinski definition) is 5. The van der Waals surface area contributed by atoms with Crippen molar-refractivity contribution in [2.75, 3.05) is 0 Å². The lowest BCUT2D eigenvalue weighted by Gasteiger charge is -2.25. The molecule has 1 fully saturated rings. The molecule has 2 rings (SSSR count). The van der Waals surface area contributed by atoms with Crippen LogP contribution in [0.5, 0.6) is 0 Å². The van der Waals surface area contributed by atoms with Crippen LogP contribution in [-0.2, 0) is 11.3 Å². The Balaban J connectivity index is 1.87. The standard InChI is InChI=1S/C10H14N4O4/c1-10(8(15)16,6-2-3-6)13-9(17)11-4-7-12-5-18-14-7/h5-6H,2-4H2,1H3,(H,15,16)(H2,11,13,17). The number of nitrogens with one attached hydrogen (secondary N) is 2. The van der Waals surface area contributed by atoms with E-state index in [0.29, 0.717) is 5.82 Å². The third kappa shape index (κ3) is 2.58. The van der Waals surface area contributed by atoms with Crippen LogP contribution < -0.4 is 10.6 Å². The molecule has 0 aliphatic heterocycles. The molecular weight excluding hydrogens is 240 g/mol. The fourth-order valence-electron chi connectivity index (χ4n) is 1.70. The number of urea groups is 1. The van der Waals surface area contributed by atoms with Crippen molar-refractivity contribution in [2.45, 2.75) is 31.8 Å². The van der Waals surface area contributed by atoms with Gasteiger partial charge in [0, 0.05) is 0 Å². The second kappa shape index (κ2) is 4.63. The maximum absolute atomic E-state index is 11.6. The zero-order valence-corrected chi connectivity index (χ0v) is 9.84. The lowest BCUT2D eigenvalue weighted by Crippen LogP contribution is -2.56. The van der Waals surface area contributed by atoms with Crippen LogP contribution in [-0.4, -0.2) is 32.8 Å². The van der Waals surface area contributed by atoms with Gasteiger partial charge in [-0.2, -0.15) is 4.98 Å². The van der Waals surface area contributed by atoms with Gasteiger partial charge in [0.15, 0.2) is 5.82 Å². The summed E-state index contributed by atoms with van der Waals surface area (Å²) < 4.78 is 4.51. The van der Waals surface area contributed by atoms with Crippen molar-refractivity contribution < 1.29 is 19.2 Å². The number of rotatable bonds is 5. The molecule has 0 bridgehead atoms. The summed E-state index contributed by atoms with van der Waals surface area (Å²) in [5.41, 5.74) is -1.22. The summed E-state index contributed by atoms with van der Waals surface area (Å²) in [4.78, 5) is 26.5. The first-order chi connectivity index (χ1) is 8.52. The van der Waals surface area contributed by atoms with Gasteiger partial charge in [0.25, 0.3) is 0 Å². The number of carbonyl (C=O) groups excluding carboxylic acids is 1. The number of carbonyl (C=O) groups is 2. The Hall–Kier alpha value is -2.12. The molecule has 0 spiro atoms. The molecule has 1 aromatic heterocycles. The number of hydrogen-bond donors (Lipinski definition) is 3. The van der Waals surface area contributed by atoms with E-state index >= 15 is 0 Å². The average molecular weight is 254 g/mol. The molecule has 8 heteroatoms. The zero-order valence-electron chi connectivity index (χ0n) is 9.84. The van der Waals surface area contributed by atoms with Crippen LogP contribution in [0, 0.1) is 5.92 Å². The monoisotopic (exact) mass is 254 g/mol. The van der Waals surface area contributed by atoms with E-state index in [9.17, 15) is 9.59 Å². The van der Waals surface area contributed by atoms with E-state index < -0.39 is 17.5 Å². The van der Waals surface area contributed by atoms with E-state index in [-0.39, 0.29) is 12.5 Å². The van der Waals surface area contributed by atoms with Gasteiger partial charge in [0.05, 0.1) is 6.54 Å². The molecule has 2 amide bonds. The Kier molecular flexibility index (Phi) is 3.17. The van der Waals surface area contributed by atoms with Crippen LogP contribution in [0.3, 0.4) is 0 Å². The predicted molar refractivity (Wildman–Crippen MR) is 58.4 cm³/mol. The summed E-state index contributed by atoms with van der Waals surface area (Å²) in [6.45, 7) is 1.60. The molecule has 0 aromatic carbocycles. The van der Waals surface area contributed by atoms with Gasteiger partial charge in [0.1, 0.15) is 5.54 Å². The van der Waals surface area contributed by atoms with E-state index in [0.717, 1.165) is 19.2 Å². The van der Waals surface area contributed by atoms with E-state index in [1.807, 2.05) is 0 Å². The number of carboxylic acids is 1. The van der Waals surface area contributed by atoms with Crippen molar-refractivity contribution in [3.63, 3.8) is 0 Å². The van der Waals surface area contributed by atoms with Crippen LogP contribution in [0.15, 0.2) is 10.9 Å². The molecule has 1 heterocycles. The summed E-state index contributed by atoms with van der Waals surface area (Å²) in [5, 5.41) is 17.6. The Morgan fingerprint density at radius 3 is 2.83 bits per heavy atom. The van der Waals surface area contributed by atoms with Gasteiger partial charge in [-0.25, -0.2) is 9.59 Å². The average Bonchev–Trinajstić information content (AvgIpc) is 3.04. The third-order valence-corrected chi connectivity index (χ3v) is 3.03. The molecule has 3 N–H and O–H groups in total. The maximum Gasteiger partial charge on any atom is 0.329 e. The topological polar surface area (TPSA) is 117 Å². The third-order valence-electron chi connectivity index (χ3n) is 3.03. The summed E-state index contributed by atoms with van der Waals surface area (Å²) in [7, 11) is 0. The maximum atomic E-state index is 11.6. The normalized spacial score (nSPS) is 17.8. The first-order valence-corrected chi connectivity index (χ1v) is 5.57. The first-order valence-electron chi connectivity index (χ1n) is 5.57. The van der Waals surface area contributed by atoms with Crippen molar-refractivity contribution in [3.05, 3.63) is 12.2 Å². The zero-order chi connectivity index (χ0) is 13.2. The highest BCUT2D eigenvalue weighted by Gasteiger charge is 2.48. The molecule has 18 heavy (non-hydrogen) atoms. The highest BCUT2D eigenvalue weighted by molar-refractivity contribution is 5.86. The molecule has 1 atom stereocenters. The van der Waals surface area contributed by atoms with E-state index in [4.69, 9.17) is 5.11 Å². The molecular formula is C10H14N4O4. The molecule has 1 aliphatic rings.